The second kappa shape index (κ2) is 7.55. The Kier molecular flexibility index (Phi) is 5.01. The number of benzene rings is 1. The number of aromatic nitrogens is 3. The van der Waals surface area contributed by atoms with Gasteiger partial charge in [-0.15, -0.1) is 10.2 Å². The molecule has 3 heterocycles. The van der Waals surface area contributed by atoms with E-state index < -0.39 is 0 Å². The van der Waals surface area contributed by atoms with Gasteiger partial charge in [-0.25, -0.2) is 0 Å². The van der Waals surface area contributed by atoms with Crippen molar-refractivity contribution in [2.45, 2.75) is 24.1 Å². The van der Waals surface area contributed by atoms with Crippen LogP contribution in [0.2, 0.25) is 0 Å². The van der Waals surface area contributed by atoms with Crippen LogP contribution in [0.3, 0.4) is 0 Å². The summed E-state index contributed by atoms with van der Waals surface area (Å²) in [5, 5.41) is 9.88. The molecule has 2 fully saturated rings. The minimum Gasteiger partial charge on any atom is -0.378 e. The largest absolute Gasteiger partial charge is 0.378 e. The first-order chi connectivity index (χ1) is 11.9. The van der Waals surface area contributed by atoms with E-state index in [0.717, 1.165) is 68.3 Å². The van der Waals surface area contributed by atoms with Gasteiger partial charge in [-0.1, -0.05) is 30.0 Å². The molecule has 1 aromatic heterocycles. The molecule has 7 heteroatoms. The van der Waals surface area contributed by atoms with E-state index in [4.69, 9.17) is 9.47 Å². The minimum absolute atomic E-state index is 0.336. The molecule has 4 rings (SSSR count). The summed E-state index contributed by atoms with van der Waals surface area (Å²) in [6.45, 7) is 4.05. The molecule has 2 aromatic rings. The number of ether oxygens (including phenoxy) is 2. The first kappa shape index (κ1) is 15.9. The normalized spacial score (nSPS) is 21.3. The molecule has 0 aliphatic carbocycles. The fourth-order valence-electron chi connectivity index (χ4n) is 3.07. The molecule has 0 bridgehead atoms. The van der Waals surface area contributed by atoms with E-state index in [1.807, 2.05) is 18.2 Å². The SMILES string of the molecule is c1ccc(-n2c(SC[C@H]3CCCO3)nnc2N2CCOCC2)cc1. The average Bonchev–Trinajstić information content (AvgIpc) is 3.31. The highest BCUT2D eigenvalue weighted by molar-refractivity contribution is 7.99. The number of rotatable bonds is 5. The molecule has 1 atom stereocenters. The lowest BCUT2D eigenvalue weighted by atomic mass is 10.3. The van der Waals surface area contributed by atoms with Crippen LogP contribution in [0.4, 0.5) is 5.95 Å². The zero-order valence-electron chi connectivity index (χ0n) is 13.6. The van der Waals surface area contributed by atoms with Crippen molar-refractivity contribution in [1.29, 1.82) is 0 Å². The van der Waals surface area contributed by atoms with E-state index in [1.165, 1.54) is 0 Å². The molecule has 0 spiro atoms. The third-order valence-corrected chi connectivity index (χ3v) is 5.41. The molecule has 0 N–H and O–H groups in total. The summed E-state index contributed by atoms with van der Waals surface area (Å²) in [6.07, 6.45) is 2.64. The Morgan fingerprint density at radius 1 is 1.08 bits per heavy atom. The van der Waals surface area contributed by atoms with Crippen LogP contribution in [-0.4, -0.2) is 59.5 Å². The van der Waals surface area contributed by atoms with Gasteiger partial charge in [-0.2, -0.15) is 0 Å². The zero-order valence-corrected chi connectivity index (χ0v) is 14.5. The summed E-state index contributed by atoms with van der Waals surface area (Å²) in [4.78, 5) is 2.25. The molecule has 0 amide bonds. The Morgan fingerprint density at radius 3 is 2.67 bits per heavy atom. The van der Waals surface area contributed by atoms with Crippen LogP contribution in [0.25, 0.3) is 5.69 Å². The maximum atomic E-state index is 5.74. The van der Waals surface area contributed by atoms with Gasteiger partial charge in [0.25, 0.3) is 0 Å². The van der Waals surface area contributed by atoms with Crippen molar-refractivity contribution in [2.24, 2.45) is 0 Å². The fourth-order valence-corrected chi connectivity index (χ4v) is 4.08. The highest BCUT2D eigenvalue weighted by atomic mass is 32.2. The van der Waals surface area contributed by atoms with E-state index in [1.54, 1.807) is 11.8 Å². The van der Waals surface area contributed by atoms with Crippen LogP contribution in [0.15, 0.2) is 35.5 Å². The van der Waals surface area contributed by atoms with Gasteiger partial charge in [0, 0.05) is 25.4 Å². The first-order valence-corrected chi connectivity index (χ1v) is 9.48. The van der Waals surface area contributed by atoms with Crippen molar-refractivity contribution >= 4 is 17.7 Å². The van der Waals surface area contributed by atoms with Crippen molar-refractivity contribution in [1.82, 2.24) is 14.8 Å². The molecule has 2 aliphatic rings. The van der Waals surface area contributed by atoms with Gasteiger partial charge >= 0.3 is 0 Å². The average molecular weight is 346 g/mol. The summed E-state index contributed by atoms with van der Waals surface area (Å²) < 4.78 is 13.4. The lowest BCUT2D eigenvalue weighted by Gasteiger charge is -2.28. The molecule has 0 saturated carbocycles. The van der Waals surface area contributed by atoms with Crippen molar-refractivity contribution < 1.29 is 9.47 Å². The van der Waals surface area contributed by atoms with Crippen LogP contribution in [0.5, 0.6) is 0 Å². The van der Waals surface area contributed by atoms with E-state index in [2.05, 4.69) is 31.8 Å². The van der Waals surface area contributed by atoms with E-state index in [-0.39, 0.29) is 0 Å². The summed E-state index contributed by atoms with van der Waals surface area (Å²) in [5.41, 5.74) is 1.10. The molecule has 0 radical (unpaired) electrons. The van der Waals surface area contributed by atoms with Crippen LogP contribution >= 0.6 is 11.8 Å². The Morgan fingerprint density at radius 2 is 1.92 bits per heavy atom. The number of anilines is 1. The van der Waals surface area contributed by atoms with Crippen LogP contribution in [-0.2, 0) is 9.47 Å². The first-order valence-electron chi connectivity index (χ1n) is 8.50. The molecule has 2 saturated heterocycles. The van der Waals surface area contributed by atoms with Crippen LogP contribution in [0, 0.1) is 0 Å². The quantitative estimate of drug-likeness (QED) is 0.775. The molecular formula is C17H22N4O2S. The second-order valence-corrected chi connectivity index (χ2v) is 6.99. The smallest absolute Gasteiger partial charge is 0.232 e. The molecule has 128 valence electrons. The van der Waals surface area contributed by atoms with Crippen molar-refractivity contribution in [3.05, 3.63) is 30.3 Å². The molecule has 2 aliphatic heterocycles. The highest BCUT2D eigenvalue weighted by Gasteiger charge is 2.23. The van der Waals surface area contributed by atoms with E-state index in [9.17, 15) is 0 Å². The second-order valence-electron chi connectivity index (χ2n) is 6.00. The highest BCUT2D eigenvalue weighted by Crippen LogP contribution is 2.29. The molecule has 6 nitrogen and oxygen atoms in total. The Balaban J connectivity index is 1.61. The molecule has 24 heavy (non-hydrogen) atoms. The monoisotopic (exact) mass is 346 g/mol. The third kappa shape index (κ3) is 3.43. The Labute approximate surface area is 146 Å². The van der Waals surface area contributed by atoms with Crippen molar-refractivity contribution in [2.75, 3.05) is 43.6 Å². The number of nitrogens with zero attached hydrogens (tertiary/aromatic N) is 4. The number of para-hydroxylation sites is 1. The predicted octanol–water partition coefficient (Wildman–Crippen LogP) is 2.38. The van der Waals surface area contributed by atoms with Gasteiger partial charge in [0.1, 0.15) is 0 Å². The summed E-state index contributed by atoms with van der Waals surface area (Å²) >= 11 is 1.73. The van der Waals surface area contributed by atoms with Gasteiger partial charge in [0.15, 0.2) is 5.16 Å². The van der Waals surface area contributed by atoms with E-state index >= 15 is 0 Å². The van der Waals surface area contributed by atoms with Gasteiger partial charge in [0.05, 0.1) is 25.0 Å². The number of thioether (sulfide) groups is 1. The number of morpholine rings is 1. The van der Waals surface area contributed by atoms with Crippen LogP contribution < -0.4 is 4.90 Å². The van der Waals surface area contributed by atoms with Crippen molar-refractivity contribution in [3.63, 3.8) is 0 Å². The lowest BCUT2D eigenvalue weighted by Crippen LogP contribution is -2.37. The maximum absolute atomic E-state index is 5.74. The standard InChI is InChI=1S/C17H22N4O2S/c1-2-5-14(6-3-1)21-16(20-8-11-22-12-9-20)18-19-17(21)24-13-15-7-4-10-23-15/h1-3,5-6,15H,4,7-13H2/t15-/m1/s1. The van der Waals surface area contributed by atoms with Crippen LogP contribution in [0.1, 0.15) is 12.8 Å². The molecule has 1 aromatic carbocycles. The summed E-state index contributed by atoms with van der Waals surface area (Å²) in [6, 6.07) is 10.3. The number of hydrogen-bond acceptors (Lipinski definition) is 6. The minimum atomic E-state index is 0.336. The van der Waals surface area contributed by atoms with Crippen molar-refractivity contribution in [3.8, 4) is 5.69 Å². The van der Waals surface area contributed by atoms with Gasteiger partial charge < -0.3 is 14.4 Å². The van der Waals surface area contributed by atoms with E-state index in [0.29, 0.717) is 6.10 Å². The summed E-state index contributed by atoms with van der Waals surface area (Å²) in [5.74, 6) is 1.83. The Hall–Kier alpha value is -1.57. The fraction of sp³-hybridized carbons (Fsp3) is 0.529. The number of hydrogen-bond donors (Lipinski definition) is 0. The Bertz CT molecular complexity index is 652. The zero-order chi connectivity index (χ0) is 16.2. The van der Waals surface area contributed by atoms with Gasteiger partial charge in [0.2, 0.25) is 5.95 Å². The molecule has 0 unspecified atom stereocenters. The van der Waals surface area contributed by atoms with Gasteiger partial charge in [-0.3, -0.25) is 4.57 Å². The maximum Gasteiger partial charge on any atom is 0.232 e. The molecular weight excluding hydrogens is 324 g/mol. The summed E-state index contributed by atoms with van der Waals surface area (Å²) in [7, 11) is 0. The lowest BCUT2D eigenvalue weighted by molar-refractivity contribution is 0.122. The van der Waals surface area contributed by atoms with Gasteiger partial charge in [-0.05, 0) is 25.0 Å². The topological polar surface area (TPSA) is 52.4 Å². The third-order valence-electron chi connectivity index (χ3n) is 4.35. The predicted molar refractivity (Wildman–Crippen MR) is 94.1 cm³/mol.